The minimum Gasteiger partial charge on any atom is -0.395 e. The third-order valence-electron chi connectivity index (χ3n) is 3.23. The van der Waals surface area contributed by atoms with Crippen LogP contribution in [0.25, 0.3) is 0 Å². The van der Waals surface area contributed by atoms with Gasteiger partial charge in [0.15, 0.2) is 0 Å². The minimum absolute atomic E-state index is 0.0240. The van der Waals surface area contributed by atoms with E-state index in [4.69, 9.17) is 5.11 Å². The zero-order chi connectivity index (χ0) is 15.1. The number of aryl methyl sites for hydroxylation is 2. The third-order valence-corrected chi connectivity index (χ3v) is 4.17. The molecule has 0 bridgehead atoms. The molecule has 0 aliphatic rings. The highest BCUT2D eigenvalue weighted by Gasteiger charge is 2.14. The molecule has 0 unspecified atom stereocenters. The number of aliphatic hydroxyl groups excluding tert-OH is 1. The standard InChI is InChI=1S/C15H21N3O2S/c1-12-16-10-13(17-12)11-18(7-8-19)15(20)6-2-4-14-5-3-9-21-14/h3,5,9-10,19H,2,4,6-8,11H2,1H3,(H,16,17). The number of hydrogen-bond donors (Lipinski definition) is 2. The number of rotatable bonds is 8. The molecule has 0 aliphatic heterocycles. The lowest BCUT2D eigenvalue weighted by Crippen LogP contribution is -2.33. The summed E-state index contributed by atoms with van der Waals surface area (Å²) in [4.78, 5) is 22.5. The Morgan fingerprint density at radius 1 is 1.52 bits per heavy atom. The van der Waals surface area contributed by atoms with E-state index in [0.717, 1.165) is 24.4 Å². The Balaban J connectivity index is 1.83. The molecule has 5 nitrogen and oxygen atoms in total. The monoisotopic (exact) mass is 307 g/mol. The van der Waals surface area contributed by atoms with Gasteiger partial charge in [0.2, 0.25) is 5.91 Å². The molecule has 2 N–H and O–H groups in total. The molecule has 0 aromatic carbocycles. The summed E-state index contributed by atoms with van der Waals surface area (Å²) in [5.41, 5.74) is 0.896. The lowest BCUT2D eigenvalue weighted by atomic mass is 10.2. The molecule has 0 spiro atoms. The fourth-order valence-corrected chi connectivity index (χ4v) is 2.95. The first-order valence-corrected chi connectivity index (χ1v) is 7.98. The normalized spacial score (nSPS) is 10.8. The Labute approximate surface area is 128 Å². The summed E-state index contributed by atoms with van der Waals surface area (Å²) >= 11 is 1.72. The predicted octanol–water partition coefficient (Wildman–Crippen LogP) is 2.12. The molecule has 0 saturated carbocycles. The number of aromatic nitrogens is 2. The summed E-state index contributed by atoms with van der Waals surface area (Å²) in [6.45, 7) is 2.68. The Kier molecular flexibility index (Phi) is 5.95. The van der Waals surface area contributed by atoms with Crippen molar-refractivity contribution in [1.29, 1.82) is 0 Å². The van der Waals surface area contributed by atoms with E-state index in [9.17, 15) is 4.79 Å². The molecule has 2 aromatic rings. The first kappa shape index (κ1) is 15.7. The number of aromatic amines is 1. The Hall–Kier alpha value is -1.66. The summed E-state index contributed by atoms with van der Waals surface area (Å²) in [6, 6.07) is 4.12. The number of nitrogens with one attached hydrogen (secondary N) is 1. The molecule has 6 heteroatoms. The van der Waals surface area contributed by atoms with Gasteiger partial charge in [0, 0.05) is 17.8 Å². The van der Waals surface area contributed by atoms with Crippen LogP contribution in [0.3, 0.4) is 0 Å². The fraction of sp³-hybridized carbons (Fsp3) is 0.467. The van der Waals surface area contributed by atoms with Crippen molar-refractivity contribution in [3.63, 3.8) is 0 Å². The van der Waals surface area contributed by atoms with Crippen molar-refractivity contribution >= 4 is 17.2 Å². The van der Waals surface area contributed by atoms with Gasteiger partial charge in [-0.3, -0.25) is 4.79 Å². The quantitative estimate of drug-likeness (QED) is 0.785. The highest BCUT2D eigenvalue weighted by Crippen LogP contribution is 2.13. The van der Waals surface area contributed by atoms with Crippen LogP contribution in [0.1, 0.15) is 29.2 Å². The molecule has 0 atom stereocenters. The third kappa shape index (κ3) is 4.99. The summed E-state index contributed by atoms with van der Waals surface area (Å²) < 4.78 is 0. The first-order valence-electron chi connectivity index (χ1n) is 7.10. The van der Waals surface area contributed by atoms with Crippen molar-refractivity contribution in [2.45, 2.75) is 32.7 Å². The molecule has 0 fully saturated rings. The molecule has 114 valence electrons. The molecule has 0 radical (unpaired) electrons. The number of nitrogens with zero attached hydrogens (tertiary/aromatic N) is 2. The maximum atomic E-state index is 12.3. The molecule has 2 rings (SSSR count). The minimum atomic E-state index is -0.0240. The van der Waals surface area contributed by atoms with Crippen molar-refractivity contribution in [3.05, 3.63) is 40.1 Å². The number of thiophene rings is 1. The van der Waals surface area contributed by atoms with Crippen LogP contribution < -0.4 is 0 Å². The second-order valence-corrected chi connectivity index (χ2v) is 6.00. The van der Waals surface area contributed by atoms with Gasteiger partial charge in [-0.05, 0) is 31.2 Å². The SMILES string of the molecule is Cc1ncc(CN(CCO)C(=O)CCCc2cccs2)[nH]1. The van der Waals surface area contributed by atoms with Crippen molar-refractivity contribution in [2.24, 2.45) is 0 Å². The van der Waals surface area contributed by atoms with Gasteiger partial charge in [-0.25, -0.2) is 4.98 Å². The maximum absolute atomic E-state index is 12.3. The van der Waals surface area contributed by atoms with E-state index in [2.05, 4.69) is 21.4 Å². The highest BCUT2D eigenvalue weighted by molar-refractivity contribution is 7.09. The van der Waals surface area contributed by atoms with Gasteiger partial charge in [-0.1, -0.05) is 6.07 Å². The van der Waals surface area contributed by atoms with Crippen molar-refractivity contribution in [2.75, 3.05) is 13.2 Å². The van der Waals surface area contributed by atoms with Gasteiger partial charge in [0.25, 0.3) is 0 Å². The zero-order valence-corrected chi connectivity index (χ0v) is 13.0. The summed E-state index contributed by atoms with van der Waals surface area (Å²) in [6.07, 6.45) is 4.01. The summed E-state index contributed by atoms with van der Waals surface area (Å²) in [5, 5.41) is 11.2. The van der Waals surface area contributed by atoms with Crippen molar-refractivity contribution in [3.8, 4) is 0 Å². The van der Waals surface area contributed by atoms with Gasteiger partial charge in [0.1, 0.15) is 5.82 Å². The molecular formula is C15H21N3O2S. The van der Waals surface area contributed by atoms with E-state index in [0.29, 0.717) is 19.5 Å². The number of carbonyl (C=O) groups is 1. The van der Waals surface area contributed by atoms with Crippen LogP contribution in [0.15, 0.2) is 23.7 Å². The Bertz CT molecular complexity index is 551. The predicted molar refractivity (Wildman–Crippen MR) is 83.1 cm³/mol. The number of carbonyl (C=O) groups excluding carboxylic acids is 1. The Morgan fingerprint density at radius 2 is 2.38 bits per heavy atom. The fourth-order valence-electron chi connectivity index (χ4n) is 2.20. The number of aliphatic hydroxyl groups is 1. The van der Waals surface area contributed by atoms with Gasteiger partial charge in [-0.15, -0.1) is 11.3 Å². The lowest BCUT2D eigenvalue weighted by Gasteiger charge is -2.21. The average molecular weight is 307 g/mol. The van der Waals surface area contributed by atoms with Gasteiger partial charge >= 0.3 is 0 Å². The summed E-state index contributed by atoms with van der Waals surface area (Å²) in [5.74, 6) is 0.909. The van der Waals surface area contributed by atoms with Crippen molar-refractivity contribution in [1.82, 2.24) is 14.9 Å². The molecule has 21 heavy (non-hydrogen) atoms. The van der Waals surface area contributed by atoms with Gasteiger partial charge in [0.05, 0.1) is 25.0 Å². The topological polar surface area (TPSA) is 69.2 Å². The maximum Gasteiger partial charge on any atom is 0.223 e. The number of H-pyrrole nitrogens is 1. The lowest BCUT2D eigenvalue weighted by molar-refractivity contribution is -0.132. The largest absolute Gasteiger partial charge is 0.395 e. The van der Waals surface area contributed by atoms with E-state index >= 15 is 0 Å². The average Bonchev–Trinajstić information content (AvgIpc) is 3.10. The molecule has 2 heterocycles. The molecule has 1 amide bonds. The first-order chi connectivity index (χ1) is 10.2. The Morgan fingerprint density at radius 3 is 3.00 bits per heavy atom. The second kappa shape index (κ2) is 7.95. The van der Waals surface area contributed by atoms with E-state index in [1.165, 1.54) is 4.88 Å². The molecule has 0 aliphatic carbocycles. The summed E-state index contributed by atoms with van der Waals surface area (Å²) in [7, 11) is 0. The van der Waals surface area contributed by atoms with Crippen LogP contribution >= 0.6 is 11.3 Å². The van der Waals surface area contributed by atoms with E-state index < -0.39 is 0 Å². The molecule has 2 aromatic heterocycles. The zero-order valence-electron chi connectivity index (χ0n) is 12.2. The number of hydrogen-bond acceptors (Lipinski definition) is 4. The van der Waals surface area contributed by atoms with Crippen LogP contribution in [-0.4, -0.2) is 39.0 Å². The van der Waals surface area contributed by atoms with Gasteiger partial charge in [-0.2, -0.15) is 0 Å². The van der Waals surface area contributed by atoms with E-state index in [1.807, 2.05) is 13.0 Å². The van der Waals surface area contributed by atoms with Crippen LogP contribution in [0, 0.1) is 6.92 Å². The van der Waals surface area contributed by atoms with Crippen LogP contribution in [0.4, 0.5) is 0 Å². The highest BCUT2D eigenvalue weighted by atomic mass is 32.1. The number of amides is 1. The van der Waals surface area contributed by atoms with E-state index in [-0.39, 0.29) is 12.5 Å². The van der Waals surface area contributed by atoms with Gasteiger partial charge < -0.3 is 15.0 Å². The molecule has 0 saturated heterocycles. The van der Waals surface area contributed by atoms with Crippen molar-refractivity contribution < 1.29 is 9.90 Å². The smallest absolute Gasteiger partial charge is 0.223 e. The second-order valence-electron chi connectivity index (χ2n) is 4.97. The van der Waals surface area contributed by atoms with Crippen LogP contribution in [0.5, 0.6) is 0 Å². The van der Waals surface area contributed by atoms with Crippen LogP contribution in [0.2, 0.25) is 0 Å². The molecular weight excluding hydrogens is 286 g/mol. The van der Waals surface area contributed by atoms with Crippen LogP contribution in [-0.2, 0) is 17.8 Å². The van der Waals surface area contributed by atoms with E-state index in [1.54, 1.807) is 22.4 Å². The number of imidazole rings is 1.